The third kappa shape index (κ3) is 5.78. The molecule has 4 rings (SSSR count). The predicted octanol–water partition coefficient (Wildman–Crippen LogP) is 5.04. The first-order valence-corrected chi connectivity index (χ1v) is 14.1. The first-order valence-electron chi connectivity index (χ1n) is 14.1. The Kier molecular flexibility index (Phi) is 9.79. The maximum absolute atomic E-state index is 16.4. The van der Waals surface area contributed by atoms with E-state index in [2.05, 4.69) is 5.32 Å². The fourth-order valence-electron chi connectivity index (χ4n) is 6.17. The molecule has 12 heteroatoms. The quantitative estimate of drug-likeness (QED) is 0.327. The fraction of sp³-hybridized carbons (Fsp3) is 0.294. The van der Waals surface area contributed by atoms with Gasteiger partial charge in [-0.2, -0.15) is 0 Å². The summed E-state index contributed by atoms with van der Waals surface area (Å²) in [5.74, 6) is -6.74. The number of ether oxygens (including phenoxy) is 4. The number of esters is 4. The Bertz CT molecular complexity index is 1690. The first kappa shape index (κ1) is 33.6. The molecule has 0 aliphatic carbocycles. The summed E-state index contributed by atoms with van der Waals surface area (Å²) in [5, 5.41) is 2.97. The molecule has 0 spiro atoms. The van der Waals surface area contributed by atoms with Gasteiger partial charge in [0.15, 0.2) is 0 Å². The van der Waals surface area contributed by atoms with Gasteiger partial charge >= 0.3 is 23.9 Å². The van der Waals surface area contributed by atoms with Gasteiger partial charge in [-0.25, -0.2) is 28.0 Å². The fourth-order valence-corrected chi connectivity index (χ4v) is 6.17. The zero-order chi connectivity index (χ0) is 34.0. The van der Waals surface area contributed by atoms with Crippen LogP contribution in [-0.2, 0) is 38.1 Å². The van der Waals surface area contributed by atoms with Crippen molar-refractivity contribution in [1.82, 2.24) is 5.32 Å². The van der Waals surface area contributed by atoms with E-state index in [-0.39, 0.29) is 44.9 Å². The van der Waals surface area contributed by atoms with Crippen LogP contribution in [0.4, 0.5) is 14.5 Å². The minimum atomic E-state index is -1.18. The first-order chi connectivity index (χ1) is 21.8. The molecule has 0 aromatic heterocycles. The maximum Gasteiger partial charge on any atom is 0.336 e. The smallest absolute Gasteiger partial charge is 0.336 e. The number of methoxy groups -OCH3 is 4. The van der Waals surface area contributed by atoms with Crippen LogP contribution in [0.1, 0.15) is 50.7 Å². The Morgan fingerprint density at radius 3 is 1.57 bits per heavy atom. The highest BCUT2D eigenvalue weighted by Gasteiger charge is 2.42. The number of benzene rings is 2. The molecule has 46 heavy (non-hydrogen) atoms. The Morgan fingerprint density at radius 2 is 1.13 bits per heavy atom. The van der Waals surface area contributed by atoms with Gasteiger partial charge in [-0.1, -0.05) is 18.2 Å². The molecule has 242 valence electrons. The summed E-state index contributed by atoms with van der Waals surface area (Å²) >= 11 is 0. The third-order valence-corrected chi connectivity index (χ3v) is 8.14. The van der Waals surface area contributed by atoms with Gasteiger partial charge in [0.1, 0.15) is 11.6 Å². The lowest BCUT2D eigenvalue weighted by atomic mass is 9.79. The monoisotopic (exact) mass is 636 g/mol. The maximum atomic E-state index is 16.4. The van der Waals surface area contributed by atoms with Crippen molar-refractivity contribution in [2.75, 3.05) is 33.3 Å². The SMILES string of the molecule is COC(=O)C1=C(C)N(c2ccc(C3C(C(=O)OC)=C(C)NC(C)=C3C(=O)OC)c(F)c2)C(C)=C(C(=O)OC)C1c1cccc(F)c1. The Morgan fingerprint density at radius 1 is 0.652 bits per heavy atom. The molecule has 0 radical (unpaired) electrons. The van der Waals surface area contributed by atoms with Crippen molar-refractivity contribution in [3.8, 4) is 0 Å². The zero-order valence-electron chi connectivity index (χ0n) is 26.7. The van der Waals surface area contributed by atoms with Gasteiger partial charge < -0.3 is 29.2 Å². The molecule has 2 aliphatic heterocycles. The average Bonchev–Trinajstić information content (AvgIpc) is 3.03. The van der Waals surface area contributed by atoms with Crippen LogP contribution in [0.5, 0.6) is 0 Å². The van der Waals surface area contributed by atoms with Crippen molar-refractivity contribution in [3.63, 3.8) is 0 Å². The number of carbonyl (C=O) groups is 4. The van der Waals surface area contributed by atoms with Crippen LogP contribution in [-0.4, -0.2) is 52.3 Å². The Balaban J connectivity index is 1.97. The van der Waals surface area contributed by atoms with Crippen molar-refractivity contribution in [2.24, 2.45) is 0 Å². The molecule has 2 aromatic rings. The van der Waals surface area contributed by atoms with E-state index in [0.717, 1.165) is 6.07 Å². The van der Waals surface area contributed by atoms with E-state index in [0.29, 0.717) is 17.0 Å². The highest BCUT2D eigenvalue weighted by atomic mass is 19.1. The molecule has 0 unspecified atom stereocenters. The molecule has 2 aromatic carbocycles. The number of allylic oxidation sites excluding steroid dienone is 4. The van der Waals surface area contributed by atoms with E-state index in [1.165, 1.54) is 63.7 Å². The van der Waals surface area contributed by atoms with Gasteiger partial charge in [-0.05, 0) is 57.5 Å². The number of dihydropyridines is 1. The largest absolute Gasteiger partial charge is 0.466 e. The van der Waals surface area contributed by atoms with Crippen LogP contribution in [0.25, 0.3) is 0 Å². The molecular formula is C34H34F2N2O8. The molecule has 0 atom stereocenters. The zero-order valence-corrected chi connectivity index (χ0v) is 26.7. The minimum Gasteiger partial charge on any atom is -0.466 e. The number of nitrogens with zero attached hydrogens (tertiary/aromatic N) is 1. The van der Waals surface area contributed by atoms with Crippen LogP contribution in [0.3, 0.4) is 0 Å². The number of halogens is 2. The van der Waals surface area contributed by atoms with Gasteiger partial charge in [0, 0.05) is 34.0 Å². The van der Waals surface area contributed by atoms with Crippen LogP contribution in [0, 0.1) is 11.6 Å². The van der Waals surface area contributed by atoms with Crippen LogP contribution in [0.2, 0.25) is 0 Å². The van der Waals surface area contributed by atoms with Crippen LogP contribution in [0.15, 0.2) is 87.5 Å². The van der Waals surface area contributed by atoms with E-state index in [9.17, 15) is 23.6 Å². The van der Waals surface area contributed by atoms with Crippen molar-refractivity contribution in [2.45, 2.75) is 39.5 Å². The molecule has 2 aliphatic rings. The number of carbonyl (C=O) groups excluding carboxylic acids is 4. The molecule has 2 heterocycles. The highest BCUT2D eigenvalue weighted by molar-refractivity contribution is 6.02. The summed E-state index contributed by atoms with van der Waals surface area (Å²) in [5.41, 5.74) is 1.86. The van der Waals surface area contributed by atoms with E-state index in [1.807, 2.05) is 0 Å². The second-order valence-corrected chi connectivity index (χ2v) is 10.6. The Hall–Kier alpha value is -5.26. The molecule has 0 saturated carbocycles. The number of anilines is 1. The second kappa shape index (κ2) is 13.4. The summed E-state index contributed by atoms with van der Waals surface area (Å²) in [7, 11) is 4.71. The standard InChI is InChI=1S/C34H34F2N2O8/c1-16-25(31(39)43-5)30(26(17(2)37-16)32(40)44-6)23-13-12-22(15-24(23)36)38-18(3)27(33(41)45-7)29(20-10-9-11-21(35)14-20)28(19(38)4)34(42)46-8/h9-15,29-30,37H,1-8H3. The minimum absolute atomic E-state index is 0.0139. The molecule has 1 N–H and O–H groups in total. The number of nitrogens with one attached hydrogen (secondary N) is 1. The van der Waals surface area contributed by atoms with E-state index >= 15 is 4.39 Å². The summed E-state index contributed by atoms with van der Waals surface area (Å²) in [6, 6.07) is 9.56. The second-order valence-electron chi connectivity index (χ2n) is 10.6. The lowest BCUT2D eigenvalue weighted by molar-refractivity contribution is -0.139. The van der Waals surface area contributed by atoms with E-state index in [4.69, 9.17) is 18.9 Å². The molecule has 10 nitrogen and oxygen atoms in total. The van der Waals surface area contributed by atoms with Crippen molar-refractivity contribution < 1.29 is 46.9 Å². The number of hydrogen-bond acceptors (Lipinski definition) is 10. The summed E-state index contributed by atoms with van der Waals surface area (Å²) in [6.45, 7) is 6.41. The lowest BCUT2D eigenvalue weighted by Gasteiger charge is -2.38. The van der Waals surface area contributed by atoms with Crippen molar-refractivity contribution in [3.05, 3.63) is 110 Å². The van der Waals surface area contributed by atoms with Gasteiger partial charge in [0.05, 0.1) is 62.6 Å². The number of rotatable bonds is 7. The molecule has 0 fully saturated rings. The van der Waals surface area contributed by atoms with Crippen LogP contribution >= 0.6 is 0 Å². The summed E-state index contributed by atoms with van der Waals surface area (Å²) < 4.78 is 50.9. The van der Waals surface area contributed by atoms with E-state index < -0.39 is 47.3 Å². The van der Waals surface area contributed by atoms with Crippen LogP contribution < -0.4 is 10.2 Å². The number of hydrogen-bond donors (Lipinski definition) is 1. The highest BCUT2D eigenvalue weighted by Crippen LogP contribution is 2.46. The van der Waals surface area contributed by atoms with Crippen molar-refractivity contribution >= 4 is 29.6 Å². The van der Waals surface area contributed by atoms with Crippen molar-refractivity contribution in [1.29, 1.82) is 0 Å². The Labute approximate surface area is 264 Å². The lowest BCUT2D eigenvalue weighted by Crippen LogP contribution is -2.35. The van der Waals surface area contributed by atoms with Gasteiger partial charge in [-0.15, -0.1) is 0 Å². The topological polar surface area (TPSA) is 120 Å². The average molecular weight is 637 g/mol. The predicted molar refractivity (Wildman–Crippen MR) is 163 cm³/mol. The molecule has 0 bridgehead atoms. The van der Waals surface area contributed by atoms with E-state index in [1.54, 1.807) is 33.8 Å². The molecule has 0 amide bonds. The molecule has 0 saturated heterocycles. The normalized spacial score (nSPS) is 16.0. The van der Waals surface area contributed by atoms with Gasteiger partial charge in [0.25, 0.3) is 0 Å². The third-order valence-electron chi connectivity index (χ3n) is 8.14. The van der Waals surface area contributed by atoms with Gasteiger partial charge in [0.2, 0.25) is 0 Å². The van der Waals surface area contributed by atoms with Gasteiger partial charge in [-0.3, -0.25) is 0 Å². The summed E-state index contributed by atoms with van der Waals surface area (Å²) in [6.07, 6.45) is 0. The summed E-state index contributed by atoms with van der Waals surface area (Å²) in [4.78, 5) is 53.9. The molecular weight excluding hydrogens is 602 g/mol.